The number of carbonyl (C=O) groups is 1. The van der Waals surface area contributed by atoms with Crippen molar-refractivity contribution < 1.29 is 9.90 Å². The molecule has 4 heteroatoms. The first-order valence-electron chi connectivity index (χ1n) is 10.1. The number of nitrogens with zero attached hydrogens (tertiary/aromatic N) is 2. The van der Waals surface area contributed by atoms with Crippen molar-refractivity contribution in [1.29, 1.82) is 0 Å². The summed E-state index contributed by atoms with van der Waals surface area (Å²) in [4.78, 5) is 16.6. The number of hydrogen-bond acceptors (Lipinski definition) is 2. The van der Waals surface area contributed by atoms with Crippen molar-refractivity contribution in [1.82, 2.24) is 9.55 Å². The molecule has 0 radical (unpaired) electrons. The summed E-state index contributed by atoms with van der Waals surface area (Å²) in [5.41, 5.74) is 6.92. The summed E-state index contributed by atoms with van der Waals surface area (Å²) in [5, 5.41) is 9.59. The third kappa shape index (κ3) is 3.28. The van der Waals surface area contributed by atoms with E-state index in [9.17, 15) is 9.90 Å². The minimum Gasteiger partial charge on any atom is -0.478 e. The van der Waals surface area contributed by atoms with Gasteiger partial charge in [0, 0.05) is 11.3 Å². The zero-order valence-corrected chi connectivity index (χ0v) is 17.0. The van der Waals surface area contributed by atoms with Crippen molar-refractivity contribution in [3.05, 3.63) is 108 Å². The molecule has 0 aliphatic carbocycles. The number of fused-ring (bicyclic) bond motifs is 1. The zero-order chi connectivity index (χ0) is 21.4. The van der Waals surface area contributed by atoms with Crippen LogP contribution < -0.4 is 0 Å². The Hall–Kier alpha value is -4.18. The van der Waals surface area contributed by atoms with E-state index in [0.29, 0.717) is 5.56 Å². The average molecular weight is 404 g/mol. The van der Waals surface area contributed by atoms with Gasteiger partial charge in [0.15, 0.2) is 0 Å². The van der Waals surface area contributed by atoms with Gasteiger partial charge in [-0.2, -0.15) is 0 Å². The fourth-order valence-corrected chi connectivity index (χ4v) is 4.06. The molecule has 0 fully saturated rings. The number of aromatic nitrogens is 2. The Bertz CT molecular complexity index is 1420. The third-order valence-electron chi connectivity index (χ3n) is 5.51. The second kappa shape index (κ2) is 7.58. The number of rotatable bonds is 4. The Kier molecular flexibility index (Phi) is 4.60. The number of aryl methyl sites for hydroxylation is 1. The lowest BCUT2D eigenvalue weighted by Gasteiger charge is -2.14. The molecule has 1 N–H and O–H groups in total. The highest BCUT2D eigenvalue weighted by molar-refractivity contribution is 5.96. The SMILES string of the molecule is Cc1cc(-n2c(-c3ccccc3)nc3ccccc32)ccc1-c1ccccc1C(=O)O. The van der Waals surface area contributed by atoms with Crippen molar-refractivity contribution in [3.8, 4) is 28.2 Å². The molecule has 31 heavy (non-hydrogen) atoms. The molecule has 0 unspecified atom stereocenters. The molecule has 150 valence electrons. The van der Waals surface area contributed by atoms with E-state index in [1.807, 2.05) is 67.6 Å². The van der Waals surface area contributed by atoms with Crippen LogP contribution in [-0.2, 0) is 0 Å². The fraction of sp³-hybridized carbons (Fsp3) is 0.0370. The predicted octanol–water partition coefficient (Wildman–Crippen LogP) is 6.37. The van der Waals surface area contributed by atoms with Crippen LogP contribution in [0, 0.1) is 6.92 Å². The van der Waals surface area contributed by atoms with E-state index >= 15 is 0 Å². The number of carboxylic acids is 1. The Morgan fingerprint density at radius 2 is 1.52 bits per heavy atom. The van der Waals surface area contributed by atoms with Gasteiger partial charge in [0.2, 0.25) is 0 Å². The first-order chi connectivity index (χ1) is 15.1. The summed E-state index contributed by atoms with van der Waals surface area (Å²) in [6.07, 6.45) is 0. The maximum absolute atomic E-state index is 11.7. The summed E-state index contributed by atoms with van der Waals surface area (Å²) in [6.45, 7) is 2.01. The van der Waals surface area contributed by atoms with Gasteiger partial charge in [-0.3, -0.25) is 4.57 Å². The van der Waals surface area contributed by atoms with Crippen molar-refractivity contribution in [2.75, 3.05) is 0 Å². The molecule has 4 nitrogen and oxygen atoms in total. The Morgan fingerprint density at radius 3 is 2.29 bits per heavy atom. The zero-order valence-electron chi connectivity index (χ0n) is 17.0. The maximum Gasteiger partial charge on any atom is 0.336 e. The lowest BCUT2D eigenvalue weighted by molar-refractivity contribution is 0.0697. The normalized spacial score (nSPS) is 11.0. The predicted molar refractivity (Wildman–Crippen MR) is 124 cm³/mol. The van der Waals surface area contributed by atoms with Crippen LogP contribution in [-0.4, -0.2) is 20.6 Å². The topological polar surface area (TPSA) is 55.1 Å². The van der Waals surface area contributed by atoms with Gasteiger partial charge in [-0.15, -0.1) is 0 Å². The number of imidazole rings is 1. The van der Waals surface area contributed by atoms with E-state index in [0.717, 1.165) is 44.8 Å². The van der Waals surface area contributed by atoms with E-state index in [4.69, 9.17) is 4.98 Å². The molecule has 1 heterocycles. The standard InChI is InChI=1S/C27H20N2O2/c1-18-17-20(15-16-21(18)22-11-5-6-12-23(22)27(30)31)29-25-14-8-7-13-24(25)28-26(29)19-9-3-2-4-10-19/h2-17H,1H3,(H,30,31). The molecule has 0 spiro atoms. The third-order valence-corrected chi connectivity index (χ3v) is 5.51. The van der Waals surface area contributed by atoms with Gasteiger partial charge in [0.25, 0.3) is 0 Å². The number of hydrogen-bond donors (Lipinski definition) is 1. The van der Waals surface area contributed by atoms with Crippen molar-refractivity contribution in [3.63, 3.8) is 0 Å². The Labute approximate surface area is 180 Å². The molecule has 0 saturated carbocycles. The smallest absolute Gasteiger partial charge is 0.336 e. The first-order valence-corrected chi connectivity index (χ1v) is 10.1. The average Bonchev–Trinajstić information content (AvgIpc) is 3.19. The van der Waals surface area contributed by atoms with Gasteiger partial charge < -0.3 is 5.11 Å². The first kappa shape index (κ1) is 18.8. The summed E-state index contributed by atoms with van der Waals surface area (Å²) < 4.78 is 2.16. The number of aromatic carboxylic acids is 1. The highest BCUT2D eigenvalue weighted by Gasteiger charge is 2.16. The highest BCUT2D eigenvalue weighted by atomic mass is 16.4. The van der Waals surface area contributed by atoms with Crippen LogP contribution in [0.2, 0.25) is 0 Å². The molecule has 4 aromatic carbocycles. The monoisotopic (exact) mass is 404 g/mol. The maximum atomic E-state index is 11.7. The van der Waals surface area contributed by atoms with Gasteiger partial charge in [-0.1, -0.05) is 66.7 Å². The summed E-state index contributed by atoms with van der Waals surface area (Å²) >= 11 is 0. The van der Waals surface area contributed by atoms with Crippen LogP contribution in [0.1, 0.15) is 15.9 Å². The minimum absolute atomic E-state index is 0.302. The van der Waals surface area contributed by atoms with Gasteiger partial charge in [-0.25, -0.2) is 9.78 Å². The summed E-state index contributed by atoms with van der Waals surface area (Å²) in [5.74, 6) is -0.0501. The van der Waals surface area contributed by atoms with Crippen molar-refractivity contribution >= 4 is 17.0 Å². The molecule has 0 atom stereocenters. The Morgan fingerprint density at radius 1 is 0.806 bits per heavy atom. The van der Waals surface area contributed by atoms with Gasteiger partial charge in [0.1, 0.15) is 5.82 Å². The quantitative estimate of drug-likeness (QED) is 0.379. The molecule has 1 aromatic heterocycles. The molecular formula is C27H20N2O2. The molecule has 0 saturated heterocycles. The molecule has 5 aromatic rings. The lowest BCUT2D eigenvalue weighted by Crippen LogP contribution is -2.01. The van der Waals surface area contributed by atoms with E-state index in [1.165, 1.54) is 0 Å². The minimum atomic E-state index is -0.925. The highest BCUT2D eigenvalue weighted by Crippen LogP contribution is 2.32. The van der Waals surface area contributed by atoms with E-state index < -0.39 is 5.97 Å². The molecule has 0 aliphatic heterocycles. The van der Waals surface area contributed by atoms with Crippen LogP contribution in [0.3, 0.4) is 0 Å². The van der Waals surface area contributed by atoms with Gasteiger partial charge in [-0.05, 0) is 53.9 Å². The van der Waals surface area contributed by atoms with Gasteiger partial charge in [0.05, 0.1) is 16.6 Å². The number of carboxylic acid groups (broad SMARTS) is 1. The molecule has 0 amide bonds. The Balaban J connectivity index is 1.71. The molecule has 5 rings (SSSR count). The van der Waals surface area contributed by atoms with Crippen molar-refractivity contribution in [2.45, 2.75) is 6.92 Å². The second-order valence-corrected chi connectivity index (χ2v) is 7.48. The number of benzene rings is 4. The number of para-hydroxylation sites is 2. The summed E-state index contributed by atoms with van der Waals surface area (Å²) in [6, 6.07) is 31.4. The molecule has 0 aliphatic rings. The van der Waals surface area contributed by atoms with Crippen LogP contribution >= 0.6 is 0 Å². The van der Waals surface area contributed by atoms with Crippen LogP contribution in [0.25, 0.3) is 39.2 Å². The molecule has 0 bridgehead atoms. The van der Waals surface area contributed by atoms with E-state index in [2.05, 4.69) is 28.8 Å². The summed E-state index contributed by atoms with van der Waals surface area (Å²) in [7, 11) is 0. The van der Waals surface area contributed by atoms with Crippen molar-refractivity contribution in [2.24, 2.45) is 0 Å². The van der Waals surface area contributed by atoms with Gasteiger partial charge >= 0.3 is 5.97 Å². The van der Waals surface area contributed by atoms with Crippen LogP contribution in [0.5, 0.6) is 0 Å². The van der Waals surface area contributed by atoms with E-state index in [-0.39, 0.29) is 0 Å². The largest absolute Gasteiger partial charge is 0.478 e. The fourth-order valence-electron chi connectivity index (χ4n) is 4.06. The molecular weight excluding hydrogens is 384 g/mol. The van der Waals surface area contributed by atoms with Crippen LogP contribution in [0.4, 0.5) is 0 Å². The second-order valence-electron chi connectivity index (χ2n) is 7.48. The lowest BCUT2D eigenvalue weighted by atomic mass is 9.95. The van der Waals surface area contributed by atoms with Crippen LogP contribution in [0.15, 0.2) is 97.1 Å². The van der Waals surface area contributed by atoms with E-state index in [1.54, 1.807) is 12.1 Å².